The van der Waals surface area contributed by atoms with Gasteiger partial charge in [-0.25, -0.2) is 8.42 Å². The van der Waals surface area contributed by atoms with Gasteiger partial charge < -0.3 is 5.73 Å². The van der Waals surface area contributed by atoms with Crippen molar-refractivity contribution in [3.63, 3.8) is 0 Å². The van der Waals surface area contributed by atoms with Crippen LogP contribution in [-0.4, -0.2) is 26.5 Å². The zero-order chi connectivity index (χ0) is 9.19. The van der Waals surface area contributed by atoms with Crippen LogP contribution in [0.5, 0.6) is 0 Å². The lowest BCUT2D eigenvalue weighted by atomic mass is 9.88. The van der Waals surface area contributed by atoms with Crippen LogP contribution in [0, 0.1) is 5.92 Å². The molecular formula is C8H17NO2S. The number of sulfone groups is 1. The molecule has 72 valence electrons. The smallest absolute Gasteiger partial charge is 0.147 e. The fourth-order valence-electron chi connectivity index (χ4n) is 1.78. The van der Waals surface area contributed by atoms with E-state index in [2.05, 4.69) is 0 Å². The van der Waals surface area contributed by atoms with Gasteiger partial charge in [-0.15, -0.1) is 0 Å². The second-order valence-electron chi connectivity index (χ2n) is 3.87. The first-order valence-corrected chi connectivity index (χ1v) is 6.47. The maximum absolute atomic E-state index is 10.9. The molecule has 1 saturated carbocycles. The Bertz CT molecular complexity index is 227. The molecule has 0 bridgehead atoms. The van der Waals surface area contributed by atoms with Gasteiger partial charge in [-0.1, -0.05) is 0 Å². The third kappa shape index (κ3) is 3.54. The van der Waals surface area contributed by atoms with Crippen LogP contribution < -0.4 is 5.73 Å². The highest BCUT2D eigenvalue weighted by Gasteiger charge is 2.21. The summed E-state index contributed by atoms with van der Waals surface area (Å²) in [7, 11) is -2.78. The minimum Gasteiger partial charge on any atom is -0.328 e. The monoisotopic (exact) mass is 191 g/mol. The van der Waals surface area contributed by atoms with Crippen LogP contribution in [0.3, 0.4) is 0 Å². The molecule has 4 heteroatoms. The first-order chi connectivity index (χ1) is 5.47. The van der Waals surface area contributed by atoms with E-state index in [-0.39, 0.29) is 0 Å². The molecular weight excluding hydrogens is 174 g/mol. The fraction of sp³-hybridized carbons (Fsp3) is 1.00. The topological polar surface area (TPSA) is 60.2 Å². The molecule has 1 rings (SSSR count). The summed E-state index contributed by atoms with van der Waals surface area (Å²) in [5.74, 6) is 0.708. The molecule has 0 spiro atoms. The van der Waals surface area contributed by atoms with Crippen molar-refractivity contribution in [2.75, 3.05) is 12.0 Å². The van der Waals surface area contributed by atoms with Crippen LogP contribution in [0.15, 0.2) is 0 Å². The second-order valence-corrected chi connectivity index (χ2v) is 6.06. The molecule has 1 aliphatic rings. The molecule has 0 atom stereocenters. The molecule has 0 unspecified atom stereocenters. The van der Waals surface area contributed by atoms with Crippen molar-refractivity contribution in [3.8, 4) is 0 Å². The summed E-state index contributed by atoms with van der Waals surface area (Å²) >= 11 is 0. The molecule has 1 fully saturated rings. The minimum atomic E-state index is -2.78. The van der Waals surface area contributed by atoms with Gasteiger partial charge >= 0.3 is 0 Å². The summed E-state index contributed by atoms with van der Waals surface area (Å²) in [6.45, 7) is 0. The van der Waals surface area contributed by atoms with E-state index in [0.29, 0.717) is 17.7 Å². The van der Waals surface area contributed by atoms with Gasteiger partial charge in [0.1, 0.15) is 9.84 Å². The van der Waals surface area contributed by atoms with Gasteiger partial charge in [0, 0.05) is 12.3 Å². The summed E-state index contributed by atoms with van der Waals surface area (Å²) in [5.41, 5.74) is 5.71. The average molecular weight is 191 g/mol. The van der Waals surface area contributed by atoms with Crippen molar-refractivity contribution in [2.24, 2.45) is 11.7 Å². The fourth-order valence-corrected chi connectivity index (χ4v) is 2.97. The van der Waals surface area contributed by atoms with Crippen molar-refractivity contribution >= 4 is 9.84 Å². The van der Waals surface area contributed by atoms with Crippen molar-refractivity contribution in [1.82, 2.24) is 0 Å². The van der Waals surface area contributed by atoms with Crippen molar-refractivity contribution < 1.29 is 8.42 Å². The van der Waals surface area contributed by atoms with Crippen LogP contribution in [0.1, 0.15) is 25.7 Å². The summed E-state index contributed by atoms with van der Waals surface area (Å²) in [6.07, 6.45) is 5.24. The van der Waals surface area contributed by atoms with Crippen molar-refractivity contribution in [1.29, 1.82) is 0 Å². The maximum Gasteiger partial charge on any atom is 0.147 e. The van der Waals surface area contributed by atoms with Gasteiger partial charge in [-0.3, -0.25) is 0 Å². The molecule has 0 aliphatic heterocycles. The molecule has 1 aliphatic carbocycles. The molecule has 0 heterocycles. The van der Waals surface area contributed by atoms with Crippen LogP contribution in [0.4, 0.5) is 0 Å². The van der Waals surface area contributed by atoms with E-state index in [1.165, 1.54) is 6.26 Å². The number of hydrogen-bond acceptors (Lipinski definition) is 3. The molecule has 0 saturated heterocycles. The molecule has 3 nitrogen and oxygen atoms in total. The molecule has 0 aromatic heterocycles. The number of nitrogens with two attached hydrogens (primary N) is 1. The quantitative estimate of drug-likeness (QED) is 0.693. The molecule has 12 heavy (non-hydrogen) atoms. The third-order valence-electron chi connectivity index (χ3n) is 2.43. The standard InChI is InChI=1S/C8H17NO2S/c1-12(10,11)6-7-2-4-8(9)5-3-7/h7-8H,2-6,9H2,1H3. The second kappa shape index (κ2) is 3.75. The first kappa shape index (κ1) is 9.99. The Hall–Kier alpha value is -0.0900. The molecule has 0 aromatic rings. The Morgan fingerprint density at radius 3 is 2.17 bits per heavy atom. The lowest BCUT2D eigenvalue weighted by Gasteiger charge is -2.25. The highest BCUT2D eigenvalue weighted by molar-refractivity contribution is 7.90. The predicted octanol–water partition coefficient (Wildman–Crippen LogP) is 0.549. The molecule has 0 radical (unpaired) electrons. The zero-order valence-corrected chi connectivity index (χ0v) is 8.31. The van der Waals surface area contributed by atoms with Crippen LogP contribution in [-0.2, 0) is 9.84 Å². The van der Waals surface area contributed by atoms with Crippen molar-refractivity contribution in [3.05, 3.63) is 0 Å². The summed E-state index contributed by atoms with van der Waals surface area (Å²) in [6, 6.07) is 0.306. The largest absolute Gasteiger partial charge is 0.328 e. The Labute approximate surface area is 74.3 Å². The lowest BCUT2D eigenvalue weighted by molar-refractivity contribution is 0.349. The summed E-state index contributed by atoms with van der Waals surface area (Å²) in [5, 5.41) is 0. The third-order valence-corrected chi connectivity index (χ3v) is 3.51. The summed E-state index contributed by atoms with van der Waals surface area (Å²) in [4.78, 5) is 0. The minimum absolute atomic E-state index is 0.306. The number of rotatable bonds is 2. The van der Waals surface area contributed by atoms with Gasteiger partial charge in [0.15, 0.2) is 0 Å². The normalized spacial score (nSPS) is 31.8. The van der Waals surface area contributed by atoms with Crippen molar-refractivity contribution in [2.45, 2.75) is 31.7 Å². The highest BCUT2D eigenvalue weighted by atomic mass is 32.2. The van der Waals surface area contributed by atoms with Gasteiger partial charge in [-0.05, 0) is 31.6 Å². The maximum atomic E-state index is 10.9. The van der Waals surface area contributed by atoms with E-state index >= 15 is 0 Å². The zero-order valence-electron chi connectivity index (χ0n) is 7.49. The average Bonchev–Trinajstić information content (AvgIpc) is 1.91. The van der Waals surface area contributed by atoms with Gasteiger partial charge in [0.05, 0.1) is 5.75 Å². The van der Waals surface area contributed by atoms with E-state index in [4.69, 9.17) is 5.73 Å². The van der Waals surface area contributed by atoms with E-state index in [1.54, 1.807) is 0 Å². The highest BCUT2D eigenvalue weighted by Crippen LogP contribution is 2.23. The molecule has 0 amide bonds. The Morgan fingerprint density at radius 2 is 1.75 bits per heavy atom. The van der Waals surface area contributed by atoms with E-state index in [9.17, 15) is 8.42 Å². The number of hydrogen-bond donors (Lipinski definition) is 1. The van der Waals surface area contributed by atoms with Crippen LogP contribution >= 0.6 is 0 Å². The molecule has 0 aromatic carbocycles. The molecule has 2 N–H and O–H groups in total. The van der Waals surface area contributed by atoms with Gasteiger partial charge in [0.25, 0.3) is 0 Å². The van der Waals surface area contributed by atoms with Crippen LogP contribution in [0.2, 0.25) is 0 Å². The predicted molar refractivity (Wildman–Crippen MR) is 49.6 cm³/mol. The van der Waals surface area contributed by atoms with E-state index < -0.39 is 9.84 Å². The van der Waals surface area contributed by atoms with Gasteiger partial charge in [-0.2, -0.15) is 0 Å². The van der Waals surface area contributed by atoms with Crippen LogP contribution in [0.25, 0.3) is 0 Å². The Balaban J connectivity index is 2.36. The summed E-state index contributed by atoms with van der Waals surface area (Å²) < 4.78 is 21.9. The Morgan fingerprint density at radius 1 is 1.25 bits per heavy atom. The Kier molecular flexibility index (Phi) is 3.12. The SMILES string of the molecule is CS(=O)(=O)CC1CCC(N)CC1. The van der Waals surface area contributed by atoms with E-state index in [0.717, 1.165) is 25.7 Å². The first-order valence-electron chi connectivity index (χ1n) is 4.40. The lowest BCUT2D eigenvalue weighted by Crippen LogP contribution is -2.29. The van der Waals surface area contributed by atoms with E-state index in [1.807, 2.05) is 0 Å². The van der Waals surface area contributed by atoms with Gasteiger partial charge in [0.2, 0.25) is 0 Å².